The highest BCUT2D eigenvalue weighted by molar-refractivity contribution is 7.14. The van der Waals surface area contributed by atoms with E-state index in [1.165, 1.54) is 5.56 Å². The van der Waals surface area contributed by atoms with E-state index in [1.54, 1.807) is 11.3 Å². The van der Waals surface area contributed by atoms with Crippen LogP contribution in [0, 0.1) is 31.1 Å². The molecule has 1 aromatic heterocycles. The number of ether oxygens (including phenoxy) is 1. The molecular weight excluding hydrogens is 518 g/mol. The highest BCUT2D eigenvalue weighted by Crippen LogP contribution is 2.36. The van der Waals surface area contributed by atoms with E-state index in [1.807, 2.05) is 31.2 Å². The highest BCUT2D eigenvalue weighted by Gasteiger charge is 2.26. The van der Waals surface area contributed by atoms with Gasteiger partial charge in [-0.15, -0.1) is 11.3 Å². The summed E-state index contributed by atoms with van der Waals surface area (Å²) in [5.41, 5.74) is 9.34. The van der Waals surface area contributed by atoms with Crippen LogP contribution in [0.15, 0.2) is 60.0 Å². The molecule has 5 rings (SSSR count). The van der Waals surface area contributed by atoms with E-state index in [4.69, 9.17) is 9.72 Å². The van der Waals surface area contributed by atoms with Crippen LogP contribution < -0.4 is 9.64 Å². The van der Waals surface area contributed by atoms with Crippen molar-refractivity contribution in [3.05, 3.63) is 87.8 Å². The number of anilines is 1. The van der Waals surface area contributed by atoms with Crippen molar-refractivity contribution in [2.24, 2.45) is 5.92 Å². The Hall–Kier alpha value is -4.15. The summed E-state index contributed by atoms with van der Waals surface area (Å²) in [5, 5.41) is 21.5. The first kappa shape index (κ1) is 27.4. The summed E-state index contributed by atoms with van der Waals surface area (Å²) in [6, 6.07) is 20.7. The molecule has 0 aliphatic carbocycles. The zero-order valence-electron chi connectivity index (χ0n) is 23.1. The van der Waals surface area contributed by atoms with E-state index in [-0.39, 0.29) is 5.92 Å². The van der Waals surface area contributed by atoms with Gasteiger partial charge in [-0.1, -0.05) is 37.3 Å². The monoisotopic (exact) mass is 551 g/mol. The Kier molecular flexibility index (Phi) is 8.18. The predicted molar refractivity (Wildman–Crippen MR) is 160 cm³/mol. The number of benzene rings is 3. The SMILES string of the molecule is CCc1ccc(OCc2ccc(-c3ccc(C#N)cc3C)cc2C)c(-c2csc(N3CCC(C(=O)O)CC3)n2)c1. The van der Waals surface area contributed by atoms with E-state index in [2.05, 4.69) is 60.5 Å². The third-order valence-corrected chi connectivity index (χ3v) is 8.63. The van der Waals surface area contributed by atoms with Crippen molar-refractivity contribution < 1.29 is 14.6 Å². The van der Waals surface area contributed by atoms with Gasteiger partial charge in [-0.2, -0.15) is 5.26 Å². The molecule has 2 heterocycles. The first-order valence-corrected chi connectivity index (χ1v) is 14.5. The molecule has 0 saturated carbocycles. The summed E-state index contributed by atoms with van der Waals surface area (Å²) in [4.78, 5) is 18.5. The molecule has 0 atom stereocenters. The van der Waals surface area contributed by atoms with Gasteiger partial charge >= 0.3 is 5.97 Å². The molecule has 0 radical (unpaired) electrons. The maximum atomic E-state index is 11.3. The van der Waals surface area contributed by atoms with Crippen LogP contribution in [0.3, 0.4) is 0 Å². The fourth-order valence-electron chi connectivity index (χ4n) is 5.21. The Morgan fingerprint density at radius 2 is 1.88 bits per heavy atom. The van der Waals surface area contributed by atoms with Crippen LogP contribution in [0.25, 0.3) is 22.4 Å². The van der Waals surface area contributed by atoms with E-state index in [9.17, 15) is 15.2 Å². The van der Waals surface area contributed by atoms with Crippen molar-refractivity contribution in [3.63, 3.8) is 0 Å². The van der Waals surface area contributed by atoms with Gasteiger partial charge < -0.3 is 14.7 Å². The molecule has 0 amide bonds. The standard InChI is InChI=1S/C33H33N3O3S/c1-4-23-6-10-31(29(17-23)30-20-40-33(35-30)36-13-11-25(12-14-36)32(37)38)39-19-27-8-7-26(16-21(27)2)28-9-5-24(18-34)15-22(28)3/h5-10,15-17,20,25H,4,11-14,19H2,1-3H3,(H,37,38). The normalized spacial score (nSPS) is 13.7. The van der Waals surface area contributed by atoms with Crippen molar-refractivity contribution in [1.29, 1.82) is 5.26 Å². The second-order valence-corrected chi connectivity index (χ2v) is 11.2. The van der Waals surface area contributed by atoms with E-state index >= 15 is 0 Å². The summed E-state index contributed by atoms with van der Waals surface area (Å²) in [6.45, 7) is 8.13. The van der Waals surface area contributed by atoms with Crippen molar-refractivity contribution in [3.8, 4) is 34.2 Å². The minimum absolute atomic E-state index is 0.262. The van der Waals surface area contributed by atoms with Crippen LogP contribution in [0.2, 0.25) is 0 Å². The molecule has 1 saturated heterocycles. The van der Waals surface area contributed by atoms with Gasteiger partial charge in [-0.05, 0) is 90.8 Å². The minimum Gasteiger partial charge on any atom is -0.488 e. The molecule has 1 aliphatic heterocycles. The van der Waals surface area contributed by atoms with Gasteiger partial charge in [0.1, 0.15) is 12.4 Å². The van der Waals surface area contributed by atoms with Crippen LogP contribution in [0.1, 0.15) is 47.6 Å². The van der Waals surface area contributed by atoms with Crippen LogP contribution >= 0.6 is 11.3 Å². The number of aliphatic carboxylic acids is 1. The Bertz CT molecular complexity index is 1580. The van der Waals surface area contributed by atoms with Crippen LogP contribution in [-0.4, -0.2) is 29.1 Å². The van der Waals surface area contributed by atoms with Crippen molar-refractivity contribution in [2.45, 2.75) is 46.6 Å². The molecule has 1 N–H and O–H groups in total. The summed E-state index contributed by atoms with van der Waals surface area (Å²) in [6.07, 6.45) is 2.21. The number of hydrogen-bond acceptors (Lipinski definition) is 6. The van der Waals surface area contributed by atoms with Crippen LogP contribution in [-0.2, 0) is 17.8 Å². The first-order chi connectivity index (χ1) is 19.4. The number of carboxylic acid groups (broad SMARTS) is 1. The predicted octanol–water partition coefficient (Wildman–Crippen LogP) is 7.41. The third-order valence-electron chi connectivity index (χ3n) is 7.73. The minimum atomic E-state index is -0.702. The average Bonchev–Trinajstić information content (AvgIpc) is 3.46. The molecule has 7 heteroatoms. The highest BCUT2D eigenvalue weighted by atomic mass is 32.1. The fraction of sp³-hybridized carbons (Fsp3) is 0.303. The molecule has 6 nitrogen and oxygen atoms in total. The topological polar surface area (TPSA) is 86.5 Å². The van der Waals surface area contributed by atoms with Gasteiger partial charge in [-0.3, -0.25) is 4.79 Å². The Morgan fingerprint density at radius 3 is 2.55 bits per heavy atom. The number of nitrogens with zero attached hydrogens (tertiary/aromatic N) is 3. The number of carboxylic acids is 1. The summed E-state index contributed by atoms with van der Waals surface area (Å²) < 4.78 is 6.40. The molecule has 0 spiro atoms. The molecule has 0 bridgehead atoms. The second kappa shape index (κ2) is 11.9. The Labute approximate surface area is 239 Å². The van der Waals surface area contributed by atoms with Gasteiger partial charge in [0.25, 0.3) is 0 Å². The fourth-order valence-corrected chi connectivity index (χ4v) is 6.09. The zero-order valence-corrected chi connectivity index (χ0v) is 23.9. The van der Waals surface area contributed by atoms with Crippen LogP contribution in [0.5, 0.6) is 5.75 Å². The number of aromatic nitrogens is 1. The van der Waals surface area contributed by atoms with Crippen molar-refractivity contribution in [1.82, 2.24) is 4.98 Å². The summed E-state index contributed by atoms with van der Waals surface area (Å²) >= 11 is 1.60. The Morgan fingerprint density at radius 1 is 1.07 bits per heavy atom. The largest absolute Gasteiger partial charge is 0.488 e. The smallest absolute Gasteiger partial charge is 0.306 e. The Balaban J connectivity index is 1.34. The summed E-state index contributed by atoms with van der Waals surface area (Å²) in [5.74, 6) is -0.167. The lowest BCUT2D eigenvalue weighted by Gasteiger charge is -2.29. The number of rotatable bonds is 8. The number of hydrogen-bond donors (Lipinski definition) is 1. The maximum absolute atomic E-state index is 11.3. The van der Waals surface area contributed by atoms with Crippen molar-refractivity contribution in [2.75, 3.05) is 18.0 Å². The summed E-state index contributed by atoms with van der Waals surface area (Å²) in [7, 11) is 0. The average molecular weight is 552 g/mol. The van der Waals surface area contributed by atoms with Gasteiger partial charge in [0.15, 0.2) is 5.13 Å². The molecule has 3 aromatic carbocycles. The molecule has 1 fully saturated rings. The number of carbonyl (C=O) groups is 1. The quantitative estimate of drug-likeness (QED) is 0.245. The lowest BCUT2D eigenvalue weighted by molar-refractivity contribution is -0.142. The molecule has 204 valence electrons. The van der Waals surface area contributed by atoms with Gasteiger partial charge in [0, 0.05) is 24.0 Å². The molecule has 4 aromatic rings. The number of thiazole rings is 1. The van der Waals surface area contributed by atoms with Gasteiger partial charge in [0.05, 0.1) is 23.2 Å². The lowest BCUT2D eigenvalue weighted by atomic mass is 9.96. The van der Waals surface area contributed by atoms with E-state index in [0.717, 1.165) is 56.4 Å². The van der Waals surface area contributed by atoms with E-state index < -0.39 is 5.97 Å². The third kappa shape index (κ3) is 5.88. The maximum Gasteiger partial charge on any atom is 0.306 e. The lowest BCUT2D eigenvalue weighted by Crippen LogP contribution is -2.36. The van der Waals surface area contributed by atoms with Gasteiger partial charge in [-0.25, -0.2) is 4.98 Å². The first-order valence-electron chi connectivity index (χ1n) is 13.7. The van der Waals surface area contributed by atoms with Crippen LogP contribution in [0.4, 0.5) is 5.13 Å². The van der Waals surface area contributed by atoms with Gasteiger partial charge in [0.2, 0.25) is 0 Å². The number of piperidine rings is 1. The van der Waals surface area contributed by atoms with E-state index in [0.29, 0.717) is 38.1 Å². The molecular formula is C33H33N3O3S. The molecule has 0 unspecified atom stereocenters. The van der Waals surface area contributed by atoms with Crippen molar-refractivity contribution >= 4 is 22.4 Å². The molecule has 1 aliphatic rings. The number of aryl methyl sites for hydroxylation is 3. The number of nitriles is 1. The second-order valence-electron chi connectivity index (χ2n) is 10.4. The zero-order chi connectivity index (χ0) is 28.2. The molecule has 40 heavy (non-hydrogen) atoms.